The van der Waals surface area contributed by atoms with E-state index in [0.717, 1.165) is 36.0 Å². The van der Waals surface area contributed by atoms with E-state index in [1.807, 2.05) is 24.3 Å². The Morgan fingerprint density at radius 2 is 1.22 bits per heavy atom. The van der Waals surface area contributed by atoms with Crippen molar-refractivity contribution in [2.45, 2.75) is 50.2 Å². The molecule has 0 bridgehead atoms. The zero-order valence-corrected chi connectivity index (χ0v) is 18.8. The zero-order chi connectivity index (χ0) is 22.1. The van der Waals surface area contributed by atoms with Gasteiger partial charge < -0.3 is 9.84 Å². The van der Waals surface area contributed by atoms with Crippen LogP contribution in [-0.4, -0.2) is 17.8 Å². The van der Waals surface area contributed by atoms with Gasteiger partial charge in [-0.1, -0.05) is 122 Å². The number of rotatable bonds is 9. The highest BCUT2D eigenvalue weighted by atomic mass is 16.5. The van der Waals surface area contributed by atoms with Crippen molar-refractivity contribution in [3.8, 4) is 0 Å². The van der Waals surface area contributed by atoms with Crippen LogP contribution in [0.5, 0.6) is 0 Å². The third-order valence-electron chi connectivity index (χ3n) is 6.61. The molecule has 0 aliphatic heterocycles. The molecular weight excluding hydrogens is 392 g/mol. The Morgan fingerprint density at radius 3 is 1.69 bits per heavy atom. The first kappa shape index (κ1) is 22.5. The summed E-state index contributed by atoms with van der Waals surface area (Å²) in [6, 6.07) is 31.4. The van der Waals surface area contributed by atoms with E-state index in [9.17, 15) is 5.11 Å². The highest BCUT2D eigenvalue weighted by Gasteiger charge is 2.37. The summed E-state index contributed by atoms with van der Waals surface area (Å²) in [4.78, 5) is 0. The van der Waals surface area contributed by atoms with Crippen molar-refractivity contribution < 1.29 is 9.84 Å². The van der Waals surface area contributed by atoms with Gasteiger partial charge in [-0.25, -0.2) is 0 Å². The van der Waals surface area contributed by atoms with Crippen molar-refractivity contribution in [1.82, 2.24) is 0 Å². The lowest BCUT2D eigenvalue weighted by Crippen LogP contribution is -2.33. The summed E-state index contributed by atoms with van der Waals surface area (Å²) >= 11 is 0. The van der Waals surface area contributed by atoms with Crippen molar-refractivity contribution in [3.63, 3.8) is 0 Å². The molecule has 4 rings (SSSR count). The van der Waals surface area contributed by atoms with Crippen LogP contribution in [0.15, 0.2) is 103 Å². The number of hydrogen-bond donors (Lipinski definition) is 1. The molecule has 0 unspecified atom stereocenters. The largest absolute Gasteiger partial charge is 0.389 e. The normalized spacial score (nSPS) is 16.3. The van der Waals surface area contributed by atoms with Crippen LogP contribution in [0.1, 0.15) is 55.2 Å². The summed E-state index contributed by atoms with van der Waals surface area (Å²) in [5.74, 6) is 0.415. The van der Waals surface area contributed by atoms with Gasteiger partial charge in [0, 0.05) is 0 Å². The molecule has 0 amide bonds. The predicted molar refractivity (Wildman–Crippen MR) is 131 cm³/mol. The molecule has 1 fully saturated rings. The van der Waals surface area contributed by atoms with Crippen LogP contribution in [-0.2, 0) is 10.3 Å². The Hall–Kier alpha value is -2.68. The van der Waals surface area contributed by atoms with E-state index >= 15 is 0 Å². The quantitative estimate of drug-likeness (QED) is 0.229. The molecule has 3 aromatic carbocycles. The Bertz CT molecular complexity index is 847. The molecule has 2 nitrogen and oxygen atoms in total. The van der Waals surface area contributed by atoms with E-state index in [4.69, 9.17) is 4.74 Å². The van der Waals surface area contributed by atoms with Gasteiger partial charge in [-0.05, 0) is 41.9 Å². The van der Waals surface area contributed by atoms with Gasteiger partial charge in [0.2, 0.25) is 0 Å². The summed E-state index contributed by atoms with van der Waals surface area (Å²) in [6.07, 6.45) is 10.6. The molecule has 0 saturated heterocycles. The van der Waals surface area contributed by atoms with Crippen LogP contribution in [0.3, 0.4) is 0 Å². The minimum Gasteiger partial charge on any atom is -0.389 e. The summed E-state index contributed by atoms with van der Waals surface area (Å²) in [5.41, 5.74) is 2.66. The Kier molecular flexibility index (Phi) is 7.92. The highest BCUT2D eigenvalue weighted by Crippen LogP contribution is 2.40. The first-order valence-electron chi connectivity index (χ1n) is 12.0. The molecule has 1 N–H and O–H groups in total. The van der Waals surface area contributed by atoms with Gasteiger partial charge in [0.25, 0.3) is 0 Å². The molecule has 0 heterocycles. The first-order chi connectivity index (χ1) is 15.8. The standard InChI is InChI=1S/C30H34O2/c31-29(25-15-5-1-6-16-25)23-13-14-24-32-30(26-17-7-2-8-18-26,27-19-9-3-10-20-27)28-21-11-4-12-22-28/h2-4,7-13,17-23,25,29,31H,1,5-6,14-16,24H2/b23-13+/t29-/m0/s1. The van der Waals surface area contributed by atoms with Gasteiger partial charge in [-0.2, -0.15) is 0 Å². The Labute approximate surface area is 192 Å². The molecule has 1 atom stereocenters. The molecule has 1 aliphatic rings. The van der Waals surface area contributed by atoms with Crippen LogP contribution in [0.25, 0.3) is 0 Å². The average molecular weight is 427 g/mol. The molecule has 0 radical (unpaired) electrons. The lowest BCUT2D eigenvalue weighted by molar-refractivity contribution is 0.0156. The van der Waals surface area contributed by atoms with Crippen molar-refractivity contribution in [2.75, 3.05) is 6.61 Å². The number of aliphatic hydroxyl groups excluding tert-OH is 1. The third kappa shape index (κ3) is 5.20. The van der Waals surface area contributed by atoms with Crippen LogP contribution in [0.4, 0.5) is 0 Å². The second kappa shape index (κ2) is 11.3. The minimum absolute atomic E-state index is 0.336. The average Bonchev–Trinajstić information content (AvgIpc) is 2.88. The van der Waals surface area contributed by atoms with Crippen LogP contribution in [0.2, 0.25) is 0 Å². The maximum atomic E-state index is 10.5. The Morgan fingerprint density at radius 1 is 0.750 bits per heavy atom. The number of hydrogen-bond acceptors (Lipinski definition) is 2. The van der Waals surface area contributed by atoms with E-state index in [1.54, 1.807) is 0 Å². The van der Waals surface area contributed by atoms with E-state index in [1.165, 1.54) is 19.3 Å². The van der Waals surface area contributed by atoms with Gasteiger partial charge in [0.05, 0.1) is 12.7 Å². The monoisotopic (exact) mass is 426 g/mol. The van der Waals surface area contributed by atoms with Crippen LogP contribution >= 0.6 is 0 Å². The molecular formula is C30H34O2. The van der Waals surface area contributed by atoms with Gasteiger partial charge in [-0.15, -0.1) is 0 Å². The molecule has 1 saturated carbocycles. The second-order valence-corrected chi connectivity index (χ2v) is 8.73. The molecule has 2 heteroatoms. The second-order valence-electron chi connectivity index (χ2n) is 8.73. The molecule has 0 spiro atoms. The van der Waals surface area contributed by atoms with E-state index in [0.29, 0.717) is 12.5 Å². The number of benzene rings is 3. The fourth-order valence-corrected chi connectivity index (χ4v) is 4.92. The van der Waals surface area contributed by atoms with Crippen molar-refractivity contribution in [2.24, 2.45) is 5.92 Å². The van der Waals surface area contributed by atoms with E-state index in [2.05, 4.69) is 78.9 Å². The third-order valence-corrected chi connectivity index (χ3v) is 6.61. The minimum atomic E-state index is -0.681. The van der Waals surface area contributed by atoms with Crippen LogP contribution < -0.4 is 0 Å². The lowest BCUT2D eigenvalue weighted by atomic mass is 9.80. The van der Waals surface area contributed by atoms with Crippen molar-refractivity contribution in [1.29, 1.82) is 0 Å². The smallest absolute Gasteiger partial charge is 0.143 e. The van der Waals surface area contributed by atoms with Gasteiger partial charge in [0.1, 0.15) is 5.60 Å². The van der Waals surface area contributed by atoms with Gasteiger partial charge in [-0.3, -0.25) is 0 Å². The maximum absolute atomic E-state index is 10.5. The fraction of sp³-hybridized carbons (Fsp3) is 0.333. The van der Waals surface area contributed by atoms with Crippen molar-refractivity contribution in [3.05, 3.63) is 120 Å². The molecule has 1 aliphatic carbocycles. The molecule has 32 heavy (non-hydrogen) atoms. The lowest BCUT2D eigenvalue weighted by Gasteiger charge is -2.36. The van der Waals surface area contributed by atoms with E-state index in [-0.39, 0.29) is 6.10 Å². The summed E-state index contributed by atoms with van der Waals surface area (Å²) in [7, 11) is 0. The number of aliphatic hydroxyl groups is 1. The molecule has 166 valence electrons. The SMILES string of the molecule is O[C@@H](/C=C/CCOC(c1ccccc1)(c1ccccc1)c1ccccc1)C1CCCCC1. The maximum Gasteiger partial charge on any atom is 0.143 e. The molecule has 0 aromatic heterocycles. The topological polar surface area (TPSA) is 29.5 Å². The highest BCUT2D eigenvalue weighted by molar-refractivity contribution is 5.47. The number of ether oxygens (including phenoxy) is 1. The Balaban J connectivity index is 1.56. The zero-order valence-electron chi connectivity index (χ0n) is 18.8. The fourth-order valence-electron chi connectivity index (χ4n) is 4.92. The molecule has 3 aromatic rings. The van der Waals surface area contributed by atoms with Gasteiger partial charge >= 0.3 is 0 Å². The predicted octanol–water partition coefficient (Wildman–Crippen LogP) is 6.88. The summed E-state index contributed by atoms with van der Waals surface area (Å²) < 4.78 is 6.78. The van der Waals surface area contributed by atoms with E-state index < -0.39 is 5.60 Å². The first-order valence-corrected chi connectivity index (χ1v) is 12.0. The summed E-state index contributed by atoms with van der Waals surface area (Å²) in [5, 5.41) is 10.5. The summed E-state index contributed by atoms with van der Waals surface area (Å²) in [6.45, 7) is 0.562. The van der Waals surface area contributed by atoms with Gasteiger partial charge in [0.15, 0.2) is 0 Å². The van der Waals surface area contributed by atoms with Crippen molar-refractivity contribution >= 4 is 0 Å². The van der Waals surface area contributed by atoms with Crippen LogP contribution in [0, 0.1) is 5.92 Å².